The Morgan fingerprint density at radius 1 is 1.39 bits per heavy atom. The first-order chi connectivity index (χ1) is 10.6. The van der Waals surface area contributed by atoms with Crippen molar-refractivity contribution in [3.63, 3.8) is 0 Å². The number of halogens is 1. The van der Waals surface area contributed by atoms with Crippen molar-refractivity contribution in [2.75, 3.05) is 13.7 Å². The van der Waals surface area contributed by atoms with Gasteiger partial charge in [0.2, 0.25) is 0 Å². The molecule has 1 aromatic rings. The molecule has 0 radical (unpaired) electrons. The lowest BCUT2D eigenvalue weighted by atomic mass is 9.49. The number of piperidine rings is 1. The fourth-order valence-electron chi connectivity index (χ4n) is 5.37. The summed E-state index contributed by atoms with van der Waals surface area (Å²) in [4.78, 5) is 12.6. The highest BCUT2D eigenvalue weighted by Crippen LogP contribution is 2.63. The number of ketones is 1. The molecule has 2 fully saturated rings. The summed E-state index contributed by atoms with van der Waals surface area (Å²) < 4.78 is 11.6. The smallest absolute Gasteiger partial charge is 0.174 e. The molecular formula is C17H20ClNO4. The van der Waals surface area contributed by atoms with Gasteiger partial charge in [-0.05, 0) is 37.4 Å². The highest BCUT2D eigenvalue weighted by atomic mass is 35.5. The van der Waals surface area contributed by atoms with Crippen molar-refractivity contribution in [1.29, 1.82) is 0 Å². The molecule has 23 heavy (non-hydrogen) atoms. The number of hydrogen-bond donors (Lipinski definition) is 2. The second-order valence-electron chi connectivity index (χ2n) is 6.95. The molecule has 0 aromatic heterocycles. The van der Waals surface area contributed by atoms with Crippen LogP contribution in [0.2, 0.25) is 0 Å². The summed E-state index contributed by atoms with van der Waals surface area (Å²) in [6, 6.07) is 3.96. The van der Waals surface area contributed by atoms with E-state index in [9.17, 15) is 9.90 Å². The Kier molecular flexibility index (Phi) is 3.06. The number of carbonyl (C=O) groups is 1. The van der Waals surface area contributed by atoms with Crippen molar-refractivity contribution < 1.29 is 19.4 Å². The van der Waals surface area contributed by atoms with Crippen LogP contribution in [0.15, 0.2) is 12.1 Å². The van der Waals surface area contributed by atoms with Crippen molar-refractivity contribution in [1.82, 2.24) is 5.32 Å². The molecule has 2 N–H and O–H groups in total. The van der Waals surface area contributed by atoms with Gasteiger partial charge in [0.15, 0.2) is 23.4 Å². The SMILES string of the molecule is COc1ccc2c3c1O[C@H]1C(=O)CCC4(O)[C@@H](C2)NCC[C@]314.Cl. The molecule has 4 atom stereocenters. The van der Waals surface area contributed by atoms with Crippen LogP contribution in [0.1, 0.15) is 30.4 Å². The Hall–Kier alpha value is -1.30. The maximum atomic E-state index is 12.6. The van der Waals surface area contributed by atoms with E-state index in [1.165, 1.54) is 5.56 Å². The van der Waals surface area contributed by atoms with Gasteiger partial charge >= 0.3 is 0 Å². The molecule has 2 bridgehead atoms. The molecule has 1 unspecified atom stereocenters. The fourth-order valence-corrected chi connectivity index (χ4v) is 5.37. The number of methoxy groups -OCH3 is 1. The van der Waals surface area contributed by atoms with Gasteiger partial charge in [-0.25, -0.2) is 0 Å². The quantitative estimate of drug-likeness (QED) is 0.804. The Balaban J connectivity index is 0.00000135. The van der Waals surface area contributed by atoms with Crippen LogP contribution in [-0.2, 0) is 16.6 Å². The van der Waals surface area contributed by atoms with E-state index in [2.05, 4.69) is 11.4 Å². The Morgan fingerprint density at radius 2 is 2.22 bits per heavy atom. The minimum absolute atomic E-state index is 0. The van der Waals surface area contributed by atoms with Crippen molar-refractivity contribution in [3.05, 3.63) is 23.3 Å². The maximum Gasteiger partial charge on any atom is 0.174 e. The van der Waals surface area contributed by atoms with E-state index in [4.69, 9.17) is 9.47 Å². The summed E-state index contributed by atoms with van der Waals surface area (Å²) in [5.74, 6) is 1.45. The van der Waals surface area contributed by atoms with Crippen LogP contribution in [0.4, 0.5) is 0 Å². The van der Waals surface area contributed by atoms with Crippen LogP contribution < -0.4 is 14.8 Å². The van der Waals surface area contributed by atoms with Gasteiger partial charge in [-0.3, -0.25) is 4.79 Å². The van der Waals surface area contributed by atoms with E-state index >= 15 is 0 Å². The zero-order valence-corrected chi connectivity index (χ0v) is 13.7. The second-order valence-corrected chi connectivity index (χ2v) is 6.95. The Morgan fingerprint density at radius 3 is 3.00 bits per heavy atom. The molecule has 2 aliphatic carbocycles. The summed E-state index contributed by atoms with van der Waals surface area (Å²) in [6.45, 7) is 0.802. The second kappa shape index (κ2) is 4.62. The molecule has 2 heterocycles. The third-order valence-corrected chi connectivity index (χ3v) is 6.29. The molecule has 0 amide bonds. The lowest BCUT2D eigenvalue weighted by Gasteiger charge is -2.59. The highest BCUT2D eigenvalue weighted by molar-refractivity contribution is 5.90. The number of carbonyl (C=O) groups excluding carboxylic acids is 1. The summed E-state index contributed by atoms with van der Waals surface area (Å²) in [5, 5.41) is 15.0. The minimum Gasteiger partial charge on any atom is -0.493 e. The molecule has 4 aliphatic rings. The lowest BCUT2D eigenvalue weighted by molar-refractivity contribution is -0.166. The van der Waals surface area contributed by atoms with Gasteiger partial charge < -0.3 is 19.9 Å². The number of nitrogens with one attached hydrogen (secondary N) is 1. The fraction of sp³-hybridized carbons (Fsp3) is 0.588. The molecule has 6 heteroatoms. The summed E-state index contributed by atoms with van der Waals surface area (Å²) in [7, 11) is 1.61. The largest absolute Gasteiger partial charge is 0.493 e. The topological polar surface area (TPSA) is 67.8 Å². The third kappa shape index (κ3) is 1.49. The zero-order valence-electron chi connectivity index (χ0n) is 12.9. The normalized spacial score (nSPS) is 39.1. The maximum absolute atomic E-state index is 12.6. The van der Waals surface area contributed by atoms with Crippen LogP contribution >= 0.6 is 12.4 Å². The number of rotatable bonds is 1. The van der Waals surface area contributed by atoms with E-state index in [0.29, 0.717) is 24.3 Å². The monoisotopic (exact) mass is 337 g/mol. The zero-order chi connectivity index (χ0) is 15.1. The summed E-state index contributed by atoms with van der Waals surface area (Å²) in [5.41, 5.74) is 0.699. The first-order valence-corrected chi connectivity index (χ1v) is 7.97. The molecule has 124 valence electrons. The molecule has 1 spiro atoms. The minimum atomic E-state index is -0.908. The first kappa shape index (κ1) is 15.2. The highest BCUT2D eigenvalue weighted by Gasteiger charge is 2.71. The van der Waals surface area contributed by atoms with Gasteiger partial charge in [-0.1, -0.05) is 6.07 Å². The number of hydrogen-bond acceptors (Lipinski definition) is 5. The average Bonchev–Trinajstić information content (AvgIpc) is 2.85. The molecule has 1 saturated carbocycles. The summed E-state index contributed by atoms with van der Waals surface area (Å²) >= 11 is 0. The first-order valence-electron chi connectivity index (χ1n) is 7.97. The molecule has 2 aliphatic heterocycles. The molecule has 5 nitrogen and oxygen atoms in total. The molecule has 1 saturated heterocycles. The number of ether oxygens (including phenoxy) is 2. The standard InChI is InChI=1S/C17H19NO4.ClH/c1-21-11-3-2-9-8-12-17(20)5-4-10(19)15-16(17,6-7-18-12)13(9)14(11)22-15;/h2-3,12,15,18,20H,4-8H2,1H3;1H/t12-,15+,16+,17?;/m1./s1. The molecule has 5 rings (SSSR count). The predicted molar refractivity (Wildman–Crippen MR) is 85.6 cm³/mol. The Bertz CT molecular complexity index is 708. The van der Waals surface area contributed by atoms with Crippen LogP contribution in [0.5, 0.6) is 11.5 Å². The number of Topliss-reactive ketones (excluding diaryl/α,β-unsaturated/α-hetero) is 1. The van der Waals surface area contributed by atoms with Gasteiger partial charge in [0, 0.05) is 18.0 Å². The van der Waals surface area contributed by atoms with Gasteiger partial charge in [-0.15, -0.1) is 12.4 Å². The van der Waals surface area contributed by atoms with E-state index in [1.54, 1.807) is 7.11 Å². The van der Waals surface area contributed by atoms with Crippen molar-refractivity contribution in [2.24, 2.45) is 0 Å². The van der Waals surface area contributed by atoms with Crippen molar-refractivity contribution >= 4 is 18.2 Å². The molecular weight excluding hydrogens is 318 g/mol. The van der Waals surface area contributed by atoms with Crippen molar-refractivity contribution in [2.45, 2.75) is 48.8 Å². The van der Waals surface area contributed by atoms with E-state index in [0.717, 1.165) is 24.9 Å². The van der Waals surface area contributed by atoms with Gasteiger partial charge in [0.1, 0.15) is 0 Å². The molecule has 1 aromatic carbocycles. The van der Waals surface area contributed by atoms with Gasteiger partial charge in [0.25, 0.3) is 0 Å². The van der Waals surface area contributed by atoms with E-state index in [1.807, 2.05) is 6.07 Å². The van der Waals surface area contributed by atoms with Crippen LogP contribution in [0, 0.1) is 0 Å². The predicted octanol–water partition coefficient (Wildman–Crippen LogP) is 1.13. The van der Waals surface area contributed by atoms with Crippen LogP contribution in [0.3, 0.4) is 0 Å². The van der Waals surface area contributed by atoms with E-state index < -0.39 is 17.1 Å². The van der Waals surface area contributed by atoms with Crippen LogP contribution in [-0.4, -0.2) is 42.3 Å². The van der Waals surface area contributed by atoms with Gasteiger partial charge in [0.05, 0.1) is 18.1 Å². The summed E-state index contributed by atoms with van der Waals surface area (Å²) in [6.07, 6.45) is 1.83. The van der Waals surface area contributed by atoms with Crippen LogP contribution in [0.25, 0.3) is 0 Å². The van der Waals surface area contributed by atoms with Crippen molar-refractivity contribution in [3.8, 4) is 11.5 Å². The number of aliphatic hydroxyl groups is 1. The van der Waals surface area contributed by atoms with E-state index in [-0.39, 0.29) is 24.2 Å². The lowest BCUT2D eigenvalue weighted by Crippen LogP contribution is -2.76. The third-order valence-electron chi connectivity index (χ3n) is 6.29. The van der Waals surface area contributed by atoms with Gasteiger partial charge in [-0.2, -0.15) is 0 Å². The Labute approximate surface area is 140 Å². The average molecular weight is 338 g/mol. The number of benzene rings is 1.